The van der Waals surface area contributed by atoms with E-state index >= 15 is 0 Å². The van der Waals surface area contributed by atoms with Gasteiger partial charge in [0.15, 0.2) is 5.58 Å². The molecule has 11 heteroatoms. The average molecular weight is 685 g/mol. The van der Waals surface area contributed by atoms with Gasteiger partial charge in [0.1, 0.15) is 29.4 Å². The normalized spacial score (nSPS) is 13.5. The number of nitrogens with one attached hydrogen (secondary N) is 2. The molecule has 7 aromatic rings. The van der Waals surface area contributed by atoms with E-state index in [1.165, 1.54) is 5.56 Å². The summed E-state index contributed by atoms with van der Waals surface area (Å²) < 4.78 is 24.6. The molecular formula is C39H36N6O4S. The maximum Gasteiger partial charge on any atom is 0.300 e. The van der Waals surface area contributed by atoms with Crippen LogP contribution in [-0.4, -0.2) is 59.3 Å². The molecule has 0 radical (unpaired) electrons. The van der Waals surface area contributed by atoms with E-state index in [0.29, 0.717) is 36.0 Å². The summed E-state index contributed by atoms with van der Waals surface area (Å²) >= 11 is 1.61. The number of anilines is 3. The maximum atomic E-state index is 6.36. The van der Waals surface area contributed by atoms with Crippen molar-refractivity contribution in [1.82, 2.24) is 19.9 Å². The Labute approximate surface area is 293 Å². The Kier molecular flexibility index (Phi) is 9.24. The van der Waals surface area contributed by atoms with Crippen LogP contribution in [0.2, 0.25) is 0 Å². The number of morpholine rings is 1. The quantitative estimate of drug-likeness (QED) is 0.130. The summed E-state index contributed by atoms with van der Waals surface area (Å²) in [6.45, 7) is 7.85. The molecule has 3 aromatic carbocycles. The number of aryl methyl sites for hydroxylation is 1. The van der Waals surface area contributed by atoms with Crippen LogP contribution < -0.4 is 20.1 Å². The Morgan fingerprint density at radius 3 is 2.48 bits per heavy atom. The van der Waals surface area contributed by atoms with Crippen LogP contribution in [0.15, 0.2) is 108 Å². The third-order valence-corrected chi connectivity index (χ3v) is 9.63. The van der Waals surface area contributed by atoms with E-state index in [-0.39, 0.29) is 0 Å². The zero-order chi connectivity index (χ0) is 33.7. The minimum absolute atomic E-state index is 0.430. The summed E-state index contributed by atoms with van der Waals surface area (Å²) in [6.07, 6.45) is 3.68. The lowest BCUT2D eigenvalue weighted by Gasteiger charge is -2.26. The van der Waals surface area contributed by atoms with Gasteiger partial charge in [-0.15, -0.1) is 11.3 Å². The van der Waals surface area contributed by atoms with E-state index in [4.69, 9.17) is 23.6 Å². The van der Waals surface area contributed by atoms with Crippen LogP contribution in [0.25, 0.3) is 31.9 Å². The van der Waals surface area contributed by atoms with Crippen molar-refractivity contribution in [2.24, 2.45) is 0 Å². The summed E-state index contributed by atoms with van der Waals surface area (Å²) in [5, 5.41) is 6.70. The second kappa shape index (κ2) is 14.6. The Morgan fingerprint density at radius 1 is 0.840 bits per heavy atom. The van der Waals surface area contributed by atoms with E-state index in [1.54, 1.807) is 17.5 Å². The molecule has 252 valence electrons. The Bertz CT molecular complexity index is 2190. The van der Waals surface area contributed by atoms with Crippen molar-refractivity contribution >= 4 is 50.0 Å². The van der Waals surface area contributed by atoms with E-state index in [2.05, 4.69) is 44.6 Å². The molecule has 4 aromatic heterocycles. The standard InChI is InChI=1S/C39H36N6O4S/c1-26-2-5-29(6-3-26)43-39-44-33-22-31(11-13-35(33)49-39)48-36-14-15-40-34-23-37(50-38(34)36)32-12-4-27(25-42-32)24-41-28-7-9-30(10-8-28)47-21-18-45-16-19-46-20-17-45/h2-15,22-23,25,41H,16-21,24H2,1H3,(H,43,44). The second-order valence-electron chi connectivity index (χ2n) is 12.1. The molecule has 0 saturated carbocycles. The first-order valence-electron chi connectivity index (χ1n) is 16.6. The van der Waals surface area contributed by atoms with Crippen molar-refractivity contribution in [2.75, 3.05) is 50.1 Å². The van der Waals surface area contributed by atoms with Crippen LogP contribution in [0, 0.1) is 6.92 Å². The molecule has 1 aliphatic heterocycles. The highest BCUT2D eigenvalue weighted by Crippen LogP contribution is 2.39. The number of hydrogen-bond donors (Lipinski definition) is 2. The lowest BCUT2D eigenvalue weighted by Crippen LogP contribution is -2.38. The third kappa shape index (κ3) is 7.55. The number of thiophene rings is 1. The number of ether oxygens (including phenoxy) is 3. The van der Waals surface area contributed by atoms with Crippen molar-refractivity contribution in [3.63, 3.8) is 0 Å². The first kappa shape index (κ1) is 31.8. The Morgan fingerprint density at radius 2 is 1.66 bits per heavy atom. The summed E-state index contributed by atoms with van der Waals surface area (Å²) in [7, 11) is 0. The predicted octanol–water partition coefficient (Wildman–Crippen LogP) is 8.67. The second-order valence-corrected chi connectivity index (χ2v) is 13.2. The largest absolute Gasteiger partial charge is 0.492 e. The van der Waals surface area contributed by atoms with Gasteiger partial charge in [-0.25, -0.2) is 0 Å². The molecule has 0 aliphatic carbocycles. The minimum atomic E-state index is 0.430. The van der Waals surface area contributed by atoms with Crippen molar-refractivity contribution in [2.45, 2.75) is 13.5 Å². The molecule has 2 N–H and O–H groups in total. The molecule has 5 heterocycles. The number of benzene rings is 3. The van der Waals surface area contributed by atoms with Gasteiger partial charge in [-0.3, -0.25) is 14.9 Å². The van der Waals surface area contributed by atoms with Crippen molar-refractivity contribution < 1.29 is 18.6 Å². The minimum Gasteiger partial charge on any atom is -0.492 e. The smallest absolute Gasteiger partial charge is 0.300 e. The van der Waals surface area contributed by atoms with Gasteiger partial charge in [0.25, 0.3) is 6.01 Å². The fourth-order valence-corrected chi connectivity index (χ4v) is 6.74. The van der Waals surface area contributed by atoms with E-state index in [9.17, 15) is 0 Å². The molecule has 0 bridgehead atoms. The average Bonchev–Trinajstić information content (AvgIpc) is 3.77. The molecule has 0 unspecified atom stereocenters. The van der Waals surface area contributed by atoms with Crippen molar-refractivity contribution in [3.8, 4) is 27.8 Å². The zero-order valence-corrected chi connectivity index (χ0v) is 28.4. The van der Waals surface area contributed by atoms with Gasteiger partial charge in [-0.1, -0.05) is 23.8 Å². The number of pyridine rings is 2. The van der Waals surface area contributed by atoms with Crippen LogP contribution in [-0.2, 0) is 11.3 Å². The number of hydrogen-bond acceptors (Lipinski definition) is 11. The lowest BCUT2D eigenvalue weighted by molar-refractivity contribution is 0.0322. The third-order valence-electron chi connectivity index (χ3n) is 8.47. The SMILES string of the molecule is Cc1ccc(Nc2nc3cc(Oc4ccnc5cc(-c6ccc(CNc7ccc(OCCN8CCOCC8)cc7)cn6)sc45)ccc3o2)cc1. The van der Waals surface area contributed by atoms with Gasteiger partial charge in [0.2, 0.25) is 0 Å². The summed E-state index contributed by atoms with van der Waals surface area (Å²) in [5.41, 5.74) is 7.34. The number of oxazole rings is 1. The van der Waals surface area contributed by atoms with Gasteiger partial charge in [0.05, 0.1) is 34.0 Å². The molecule has 1 aliphatic rings. The molecule has 0 atom stereocenters. The van der Waals surface area contributed by atoms with Crippen LogP contribution in [0.5, 0.6) is 17.2 Å². The Balaban J connectivity index is 0.883. The highest BCUT2D eigenvalue weighted by atomic mass is 32.1. The molecule has 10 nitrogen and oxygen atoms in total. The molecule has 1 saturated heterocycles. The van der Waals surface area contributed by atoms with E-state index in [1.807, 2.05) is 85.1 Å². The summed E-state index contributed by atoms with van der Waals surface area (Å²) in [5.74, 6) is 2.26. The number of nitrogens with zero attached hydrogens (tertiary/aromatic N) is 4. The predicted molar refractivity (Wildman–Crippen MR) is 198 cm³/mol. The number of fused-ring (bicyclic) bond motifs is 2. The zero-order valence-electron chi connectivity index (χ0n) is 27.6. The van der Waals surface area contributed by atoms with Crippen molar-refractivity contribution in [1.29, 1.82) is 0 Å². The van der Waals surface area contributed by atoms with Gasteiger partial charge < -0.3 is 29.3 Å². The Hall–Kier alpha value is -5.49. The molecule has 8 rings (SSSR count). The van der Waals surface area contributed by atoms with E-state index < -0.39 is 0 Å². The monoisotopic (exact) mass is 684 g/mol. The lowest BCUT2D eigenvalue weighted by atomic mass is 10.2. The molecule has 50 heavy (non-hydrogen) atoms. The van der Waals surface area contributed by atoms with Gasteiger partial charge >= 0.3 is 0 Å². The fraction of sp³-hybridized carbons (Fsp3) is 0.205. The van der Waals surface area contributed by atoms with Crippen molar-refractivity contribution in [3.05, 3.63) is 115 Å². The maximum absolute atomic E-state index is 6.36. The number of aromatic nitrogens is 3. The molecule has 1 fully saturated rings. The topological polar surface area (TPSA) is 107 Å². The molecule has 0 spiro atoms. The van der Waals surface area contributed by atoms with Crippen LogP contribution >= 0.6 is 11.3 Å². The van der Waals surface area contributed by atoms with Crippen LogP contribution in [0.1, 0.15) is 11.1 Å². The highest BCUT2D eigenvalue weighted by Gasteiger charge is 2.14. The van der Waals surface area contributed by atoms with E-state index in [0.717, 1.165) is 82.1 Å². The van der Waals surface area contributed by atoms with Gasteiger partial charge in [-0.05, 0) is 73.2 Å². The summed E-state index contributed by atoms with van der Waals surface area (Å²) in [6, 6.07) is 30.3. The van der Waals surface area contributed by atoms with Gasteiger partial charge in [0, 0.05) is 62.1 Å². The highest BCUT2D eigenvalue weighted by molar-refractivity contribution is 7.22. The van der Waals surface area contributed by atoms with Crippen LogP contribution in [0.3, 0.4) is 0 Å². The molecular weight excluding hydrogens is 649 g/mol. The van der Waals surface area contributed by atoms with Gasteiger partial charge in [-0.2, -0.15) is 4.98 Å². The summed E-state index contributed by atoms with van der Waals surface area (Å²) in [4.78, 5) is 17.4. The fourth-order valence-electron chi connectivity index (χ4n) is 5.70. The number of rotatable bonds is 12. The first-order chi connectivity index (χ1) is 24.6. The first-order valence-corrected chi connectivity index (χ1v) is 17.5. The van der Waals surface area contributed by atoms with Crippen LogP contribution in [0.4, 0.5) is 17.4 Å². The molecule has 0 amide bonds.